The first-order valence-corrected chi connectivity index (χ1v) is 10.2. The van der Waals surface area contributed by atoms with Crippen molar-refractivity contribution in [1.82, 2.24) is 20.0 Å². The van der Waals surface area contributed by atoms with Crippen LogP contribution in [0.15, 0.2) is 60.7 Å². The molecule has 0 saturated carbocycles. The molecule has 8 heteroatoms. The Balaban J connectivity index is 1.32. The summed E-state index contributed by atoms with van der Waals surface area (Å²) in [7, 11) is 0. The summed E-state index contributed by atoms with van der Waals surface area (Å²) in [6.45, 7) is 1.91. The SMILES string of the molecule is O=C1CCN(C(=O)c2cc(-c3ccccc3)n[nH]2)CCN1CCOc1ccc(F)cc1. The number of rotatable bonds is 6. The minimum Gasteiger partial charge on any atom is -0.492 e. The highest BCUT2D eigenvalue weighted by Gasteiger charge is 2.25. The number of halogens is 1. The minimum absolute atomic E-state index is 0.0207. The molecule has 31 heavy (non-hydrogen) atoms. The van der Waals surface area contributed by atoms with Gasteiger partial charge >= 0.3 is 0 Å². The van der Waals surface area contributed by atoms with E-state index in [9.17, 15) is 14.0 Å². The van der Waals surface area contributed by atoms with Crippen LogP contribution in [0.3, 0.4) is 0 Å². The number of ether oxygens (including phenoxy) is 1. The number of nitrogens with zero attached hydrogens (tertiary/aromatic N) is 3. The first kappa shape index (κ1) is 20.6. The van der Waals surface area contributed by atoms with Crippen LogP contribution >= 0.6 is 0 Å². The van der Waals surface area contributed by atoms with E-state index < -0.39 is 0 Å². The van der Waals surface area contributed by atoms with Gasteiger partial charge in [0, 0.05) is 31.6 Å². The number of hydrogen-bond donors (Lipinski definition) is 1. The Morgan fingerprint density at radius 2 is 1.84 bits per heavy atom. The smallest absolute Gasteiger partial charge is 0.271 e. The van der Waals surface area contributed by atoms with Crippen LogP contribution in [0.1, 0.15) is 16.9 Å². The van der Waals surface area contributed by atoms with Crippen molar-refractivity contribution in [2.45, 2.75) is 6.42 Å². The third kappa shape index (κ3) is 5.09. The summed E-state index contributed by atoms with van der Waals surface area (Å²) in [5.41, 5.74) is 2.03. The molecule has 4 rings (SSSR count). The third-order valence-electron chi connectivity index (χ3n) is 5.20. The second-order valence-corrected chi connectivity index (χ2v) is 7.26. The number of H-pyrrole nitrogens is 1. The molecule has 160 valence electrons. The van der Waals surface area contributed by atoms with Crippen LogP contribution in [0.5, 0.6) is 5.75 Å². The summed E-state index contributed by atoms with van der Waals surface area (Å²) in [5, 5.41) is 7.05. The Bertz CT molecular complexity index is 1040. The molecule has 2 heterocycles. The molecule has 2 amide bonds. The first-order valence-electron chi connectivity index (χ1n) is 10.2. The molecule has 0 unspecified atom stereocenters. The lowest BCUT2D eigenvalue weighted by Gasteiger charge is -2.22. The van der Waals surface area contributed by atoms with E-state index in [1.807, 2.05) is 30.3 Å². The zero-order chi connectivity index (χ0) is 21.6. The summed E-state index contributed by atoms with van der Waals surface area (Å²) in [6, 6.07) is 17.1. The molecular weight excluding hydrogens is 399 g/mol. The summed E-state index contributed by atoms with van der Waals surface area (Å²) >= 11 is 0. The largest absolute Gasteiger partial charge is 0.492 e. The molecule has 1 aliphatic rings. The maximum absolute atomic E-state index is 13.0. The van der Waals surface area contributed by atoms with Gasteiger partial charge in [0.05, 0.1) is 12.2 Å². The van der Waals surface area contributed by atoms with E-state index in [2.05, 4.69) is 10.2 Å². The van der Waals surface area contributed by atoms with Crippen LogP contribution in [0, 0.1) is 5.82 Å². The highest BCUT2D eigenvalue weighted by atomic mass is 19.1. The maximum Gasteiger partial charge on any atom is 0.271 e. The number of aromatic nitrogens is 2. The van der Waals surface area contributed by atoms with E-state index in [0.717, 1.165) is 5.56 Å². The fourth-order valence-corrected chi connectivity index (χ4v) is 3.47. The van der Waals surface area contributed by atoms with Gasteiger partial charge in [-0.05, 0) is 30.3 Å². The molecule has 3 aromatic rings. The molecule has 1 aliphatic heterocycles. The highest BCUT2D eigenvalue weighted by molar-refractivity contribution is 5.94. The number of amides is 2. The van der Waals surface area contributed by atoms with Gasteiger partial charge in [0.1, 0.15) is 23.9 Å². The number of hydrogen-bond acceptors (Lipinski definition) is 4. The molecule has 0 atom stereocenters. The van der Waals surface area contributed by atoms with Crippen LogP contribution in [-0.4, -0.2) is 64.6 Å². The lowest BCUT2D eigenvalue weighted by atomic mass is 10.1. The van der Waals surface area contributed by atoms with Crippen molar-refractivity contribution < 1.29 is 18.7 Å². The lowest BCUT2D eigenvalue weighted by molar-refractivity contribution is -0.130. The van der Waals surface area contributed by atoms with Gasteiger partial charge in [-0.2, -0.15) is 5.10 Å². The first-order chi connectivity index (χ1) is 15.1. The van der Waals surface area contributed by atoms with Crippen LogP contribution < -0.4 is 4.74 Å². The molecule has 1 saturated heterocycles. The number of benzene rings is 2. The van der Waals surface area contributed by atoms with Crippen molar-refractivity contribution >= 4 is 11.8 Å². The second-order valence-electron chi connectivity index (χ2n) is 7.26. The number of carbonyl (C=O) groups excluding carboxylic acids is 2. The lowest BCUT2D eigenvalue weighted by Crippen LogP contribution is -2.37. The second kappa shape index (κ2) is 9.42. The predicted octanol–water partition coefficient (Wildman–Crippen LogP) is 2.97. The van der Waals surface area contributed by atoms with E-state index in [1.54, 1.807) is 28.0 Å². The van der Waals surface area contributed by atoms with Crippen molar-refractivity contribution in [1.29, 1.82) is 0 Å². The van der Waals surface area contributed by atoms with Crippen molar-refractivity contribution in [3.8, 4) is 17.0 Å². The topological polar surface area (TPSA) is 78.5 Å². The van der Waals surface area contributed by atoms with Gasteiger partial charge in [-0.1, -0.05) is 30.3 Å². The third-order valence-corrected chi connectivity index (χ3v) is 5.20. The molecule has 1 N–H and O–H groups in total. The summed E-state index contributed by atoms with van der Waals surface area (Å²) in [6.07, 6.45) is 0.252. The average molecular weight is 422 g/mol. The molecule has 1 fully saturated rings. The summed E-state index contributed by atoms with van der Waals surface area (Å²) < 4.78 is 18.5. The number of aromatic amines is 1. The maximum atomic E-state index is 13.0. The van der Waals surface area contributed by atoms with Gasteiger partial charge in [0.25, 0.3) is 5.91 Å². The van der Waals surface area contributed by atoms with Gasteiger partial charge in [-0.3, -0.25) is 14.7 Å². The Morgan fingerprint density at radius 1 is 1.06 bits per heavy atom. The zero-order valence-corrected chi connectivity index (χ0v) is 17.0. The fourth-order valence-electron chi connectivity index (χ4n) is 3.47. The van der Waals surface area contributed by atoms with Gasteiger partial charge in [0.2, 0.25) is 5.91 Å². The van der Waals surface area contributed by atoms with E-state index in [-0.39, 0.29) is 24.1 Å². The van der Waals surface area contributed by atoms with Crippen LogP contribution in [-0.2, 0) is 4.79 Å². The van der Waals surface area contributed by atoms with Gasteiger partial charge in [0.15, 0.2) is 0 Å². The van der Waals surface area contributed by atoms with Crippen LogP contribution in [0.2, 0.25) is 0 Å². The summed E-state index contributed by atoms with van der Waals surface area (Å²) in [4.78, 5) is 28.7. The van der Waals surface area contributed by atoms with Crippen LogP contribution in [0.4, 0.5) is 4.39 Å². The van der Waals surface area contributed by atoms with Crippen molar-refractivity contribution in [3.63, 3.8) is 0 Å². The molecule has 0 aliphatic carbocycles. The average Bonchev–Trinajstić information content (AvgIpc) is 3.22. The monoisotopic (exact) mass is 422 g/mol. The fraction of sp³-hybridized carbons (Fsp3) is 0.261. The van der Waals surface area contributed by atoms with E-state index in [1.165, 1.54) is 12.1 Å². The molecule has 2 aromatic carbocycles. The predicted molar refractivity (Wildman–Crippen MR) is 113 cm³/mol. The van der Waals surface area contributed by atoms with E-state index in [4.69, 9.17) is 4.74 Å². The molecule has 1 aromatic heterocycles. The summed E-state index contributed by atoms with van der Waals surface area (Å²) in [5.74, 6) is 0.0291. The van der Waals surface area contributed by atoms with Gasteiger partial charge < -0.3 is 14.5 Å². The van der Waals surface area contributed by atoms with Crippen LogP contribution in [0.25, 0.3) is 11.3 Å². The number of carbonyl (C=O) groups is 2. The standard InChI is InChI=1S/C23H23FN4O3/c24-18-6-8-19(9-7-18)31-15-14-27-12-13-28(11-10-22(27)29)23(30)21-16-20(25-26-21)17-4-2-1-3-5-17/h1-9,16H,10-15H2,(H,25,26). The Morgan fingerprint density at radius 3 is 2.61 bits per heavy atom. The molecule has 0 radical (unpaired) electrons. The zero-order valence-electron chi connectivity index (χ0n) is 17.0. The number of nitrogens with one attached hydrogen (secondary N) is 1. The minimum atomic E-state index is -0.326. The van der Waals surface area contributed by atoms with E-state index >= 15 is 0 Å². The van der Waals surface area contributed by atoms with Crippen molar-refractivity contribution in [2.75, 3.05) is 32.8 Å². The van der Waals surface area contributed by atoms with E-state index in [0.29, 0.717) is 49.9 Å². The molecular formula is C23H23FN4O3. The van der Waals surface area contributed by atoms with Crippen molar-refractivity contribution in [2.24, 2.45) is 0 Å². The Labute approximate surface area is 179 Å². The Hall–Kier alpha value is -3.68. The highest BCUT2D eigenvalue weighted by Crippen LogP contribution is 2.18. The van der Waals surface area contributed by atoms with Crippen molar-refractivity contribution in [3.05, 3.63) is 72.2 Å². The van der Waals surface area contributed by atoms with Gasteiger partial charge in [-0.15, -0.1) is 0 Å². The molecule has 0 bridgehead atoms. The molecule has 7 nitrogen and oxygen atoms in total. The quantitative estimate of drug-likeness (QED) is 0.663. The Kier molecular flexibility index (Phi) is 6.26. The normalized spacial score (nSPS) is 14.4. The molecule has 0 spiro atoms. The van der Waals surface area contributed by atoms with Gasteiger partial charge in [-0.25, -0.2) is 4.39 Å².